The summed E-state index contributed by atoms with van der Waals surface area (Å²) < 4.78 is 4.75. The number of aromatic nitrogens is 1. The van der Waals surface area contributed by atoms with Crippen molar-refractivity contribution in [2.75, 3.05) is 6.54 Å². The Labute approximate surface area is 81.2 Å². The van der Waals surface area contributed by atoms with E-state index in [1.165, 1.54) is 0 Å². The second-order valence-corrected chi connectivity index (χ2v) is 3.57. The van der Waals surface area contributed by atoms with Crippen molar-refractivity contribution in [3.63, 3.8) is 0 Å². The van der Waals surface area contributed by atoms with Crippen molar-refractivity contribution in [2.24, 2.45) is 0 Å². The number of aryl methyl sites for hydroxylation is 1. The maximum atomic E-state index is 11.3. The number of carbonyl (C=O) groups is 1. The second-order valence-electron chi connectivity index (χ2n) is 2.82. The number of nitrogens with one attached hydrogen (secondary N) is 1. The highest BCUT2D eigenvalue weighted by Gasteiger charge is 2.11. The first kappa shape index (κ1) is 10.1. The summed E-state index contributed by atoms with van der Waals surface area (Å²) in [6, 6.07) is 1.58. The molecule has 0 aliphatic carbocycles. The van der Waals surface area contributed by atoms with Gasteiger partial charge in [-0.2, -0.15) is 0 Å². The van der Waals surface area contributed by atoms with Crippen LogP contribution in [0.4, 0.5) is 0 Å². The van der Waals surface area contributed by atoms with Gasteiger partial charge in [-0.05, 0) is 13.8 Å². The first-order valence-corrected chi connectivity index (χ1v) is 4.39. The number of carbonyl (C=O) groups excluding carboxylic acids is 1. The molecule has 13 heavy (non-hydrogen) atoms. The summed E-state index contributed by atoms with van der Waals surface area (Å²) in [5.74, 6) is -0.0667. The lowest BCUT2D eigenvalue weighted by atomic mass is 10.3. The lowest BCUT2D eigenvalue weighted by molar-refractivity contribution is 0.0917. The number of hydrogen-bond acceptors (Lipinski definition) is 3. The summed E-state index contributed by atoms with van der Waals surface area (Å²) >= 11 is 5.65. The quantitative estimate of drug-likeness (QED) is 0.753. The number of nitrogens with zero attached hydrogens (tertiary/aromatic N) is 1. The Morgan fingerprint density at radius 3 is 3.00 bits per heavy atom. The van der Waals surface area contributed by atoms with Gasteiger partial charge in [0, 0.05) is 18.0 Å². The highest BCUT2D eigenvalue weighted by atomic mass is 35.5. The highest BCUT2D eigenvalue weighted by Crippen LogP contribution is 2.01. The molecule has 0 aliphatic rings. The van der Waals surface area contributed by atoms with Gasteiger partial charge in [-0.25, -0.2) is 0 Å². The second kappa shape index (κ2) is 4.28. The summed E-state index contributed by atoms with van der Waals surface area (Å²) in [7, 11) is 0. The Hall–Kier alpha value is -1.03. The van der Waals surface area contributed by atoms with Crippen LogP contribution in [0, 0.1) is 6.92 Å². The van der Waals surface area contributed by atoms with Crippen molar-refractivity contribution in [3.05, 3.63) is 17.5 Å². The van der Waals surface area contributed by atoms with Crippen LogP contribution in [0.1, 0.15) is 23.2 Å². The number of hydrogen-bond donors (Lipinski definition) is 1. The Morgan fingerprint density at radius 2 is 2.54 bits per heavy atom. The van der Waals surface area contributed by atoms with Crippen molar-refractivity contribution >= 4 is 17.5 Å². The van der Waals surface area contributed by atoms with Crippen LogP contribution in [-0.4, -0.2) is 23.0 Å². The molecule has 5 heteroatoms. The number of alkyl halides is 1. The van der Waals surface area contributed by atoms with Crippen molar-refractivity contribution in [2.45, 2.75) is 19.2 Å². The van der Waals surface area contributed by atoms with E-state index >= 15 is 0 Å². The Bertz CT molecular complexity index is 296. The van der Waals surface area contributed by atoms with Gasteiger partial charge in [0.1, 0.15) is 0 Å². The zero-order chi connectivity index (χ0) is 9.84. The van der Waals surface area contributed by atoms with Crippen LogP contribution in [0.15, 0.2) is 10.6 Å². The van der Waals surface area contributed by atoms with Crippen molar-refractivity contribution in [1.82, 2.24) is 10.5 Å². The molecular formula is C8H11ClN2O2. The van der Waals surface area contributed by atoms with Crippen LogP contribution in [0.5, 0.6) is 0 Å². The minimum Gasteiger partial charge on any atom is -0.351 e. The van der Waals surface area contributed by atoms with E-state index in [4.69, 9.17) is 16.1 Å². The summed E-state index contributed by atoms with van der Waals surface area (Å²) in [6.45, 7) is 3.97. The predicted molar refractivity (Wildman–Crippen MR) is 48.9 cm³/mol. The topological polar surface area (TPSA) is 55.1 Å². The van der Waals surface area contributed by atoms with Gasteiger partial charge in [-0.3, -0.25) is 4.79 Å². The molecule has 0 bridgehead atoms. The van der Waals surface area contributed by atoms with E-state index in [1.807, 2.05) is 0 Å². The summed E-state index contributed by atoms with van der Waals surface area (Å²) in [4.78, 5) is 11.3. The van der Waals surface area contributed by atoms with Gasteiger partial charge in [-0.1, -0.05) is 5.16 Å². The van der Waals surface area contributed by atoms with E-state index in [9.17, 15) is 4.79 Å². The van der Waals surface area contributed by atoms with Crippen LogP contribution < -0.4 is 5.32 Å². The molecule has 0 saturated carbocycles. The number of amides is 1. The van der Waals surface area contributed by atoms with E-state index < -0.39 is 0 Å². The smallest absolute Gasteiger partial charge is 0.289 e. The summed E-state index contributed by atoms with van der Waals surface area (Å²) in [6.07, 6.45) is 0. The standard InChI is InChI=1S/C8H11ClN2O2/c1-5(9)4-10-8(12)7-3-6(2)11-13-7/h3,5H,4H2,1-2H3,(H,10,12). The Balaban J connectivity index is 2.49. The zero-order valence-corrected chi connectivity index (χ0v) is 8.26. The summed E-state index contributed by atoms with van der Waals surface area (Å²) in [5, 5.41) is 6.11. The van der Waals surface area contributed by atoms with E-state index in [0.717, 1.165) is 0 Å². The van der Waals surface area contributed by atoms with Gasteiger partial charge in [0.25, 0.3) is 5.91 Å². The molecule has 1 aromatic heterocycles. The van der Waals surface area contributed by atoms with Crippen LogP contribution >= 0.6 is 11.6 Å². The highest BCUT2D eigenvalue weighted by molar-refractivity contribution is 6.20. The molecule has 1 atom stereocenters. The fourth-order valence-corrected chi connectivity index (χ4v) is 0.868. The van der Waals surface area contributed by atoms with E-state index in [1.54, 1.807) is 19.9 Å². The van der Waals surface area contributed by atoms with Gasteiger partial charge in [0.2, 0.25) is 5.76 Å². The van der Waals surface area contributed by atoms with Gasteiger partial charge in [0.15, 0.2) is 0 Å². The van der Waals surface area contributed by atoms with Gasteiger partial charge in [-0.15, -0.1) is 11.6 Å². The monoisotopic (exact) mass is 202 g/mol. The minimum absolute atomic E-state index is 0.0898. The van der Waals surface area contributed by atoms with Crippen molar-refractivity contribution < 1.29 is 9.32 Å². The average molecular weight is 203 g/mol. The first-order valence-electron chi connectivity index (χ1n) is 3.95. The molecule has 72 valence electrons. The molecule has 1 N–H and O–H groups in total. The third kappa shape index (κ3) is 3.06. The van der Waals surface area contributed by atoms with E-state index in [0.29, 0.717) is 12.2 Å². The molecule has 4 nitrogen and oxygen atoms in total. The van der Waals surface area contributed by atoms with Crippen LogP contribution in [0.3, 0.4) is 0 Å². The number of rotatable bonds is 3. The maximum absolute atomic E-state index is 11.3. The molecule has 1 amide bonds. The third-order valence-corrected chi connectivity index (χ3v) is 1.55. The lowest BCUT2D eigenvalue weighted by Crippen LogP contribution is -2.28. The van der Waals surface area contributed by atoms with E-state index in [-0.39, 0.29) is 17.0 Å². The third-order valence-electron chi connectivity index (χ3n) is 1.40. The number of halogens is 1. The maximum Gasteiger partial charge on any atom is 0.289 e. The molecule has 1 rings (SSSR count). The average Bonchev–Trinajstić information content (AvgIpc) is 2.47. The SMILES string of the molecule is Cc1cc(C(=O)NCC(C)Cl)on1. The first-order chi connectivity index (χ1) is 6.09. The van der Waals surface area contributed by atoms with E-state index in [2.05, 4.69) is 10.5 Å². The molecule has 0 aliphatic heterocycles. The van der Waals surface area contributed by atoms with Crippen LogP contribution in [0.25, 0.3) is 0 Å². The zero-order valence-electron chi connectivity index (χ0n) is 7.50. The molecule has 0 saturated heterocycles. The van der Waals surface area contributed by atoms with Gasteiger partial charge >= 0.3 is 0 Å². The van der Waals surface area contributed by atoms with Crippen molar-refractivity contribution in [1.29, 1.82) is 0 Å². The van der Waals surface area contributed by atoms with Gasteiger partial charge in [0.05, 0.1) is 5.69 Å². The molecule has 0 aromatic carbocycles. The molecule has 0 fully saturated rings. The molecule has 1 unspecified atom stereocenters. The van der Waals surface area contributed by atoms with Crippen LogP contribution in [-0.2, 0) is 0 Å². The van der Waals surface area contributed by atoms with Gasteiger partial charge < -0.3 is 9.84 Å². The predicted octanol–water partition coefficient (Wildman–Crippen LogP) is 1.34. The molecule has 0 spiro atoms. The molecular weight excluding hydrogens is 192 g/mol. The molecule has 1 heterocycles. The fraction of sp³-hybridized carbons (Fsp3) is 0.500. The molecule has 0 radical (unpaired) electrons. The largest absolute Gasteiger partial charge is 0.351 e. The minimum atomic E-state index is -0.284. The fourth-order valence-electron chi connectivity index (χ4n) is 0.791. The molecule has 1 aromatic rings. The lowest BCUT2D eigenvalue weighted by Gasteiger charge is -2.02. The summed E-state index contributed by atoms with van der Waals surface area (Å²) in [5.41, 5.74) is 0.684. The van der Waals surface area contributed by atoms with Crippen LogP contribution in [0.2, 0.25) is 0 Å². The Morgan fingerprint density at radius 1 is 1.85 bits per heavy atom. The van der Waals surface area contributed by atoms with Crippen molar-refractivity contribution in [3.8, 4) is 0 Å². The normalized spacial score (nSPS) is 12.5. The Kier molecular flexibility index (Phi) is 3.31.